The van der Waals surface area contributed by atoms with E-state index in [1.165, 1.54) is 0 Å². The van der Waals surface area contributed by atoms with Crippen LogP contribution in [-0.4, -0.2) is 14.8 Å². The highest BCUT2D eigenvalue weighted by atomic mass is 35.5. The highest BCUT2D eigenvalue weighted by molar-refractivity contribution is 7.99. The van der Waals surface area contributed by atoms with Crippen molar-refractivity contribution < 1.29 is 0 Å². The lowest BCUT2D eigenvalue weighted by atomic mass is 10.2. The first kappa shape index (κ1) is 16.1. The minimum Gasteiger partial charge on any atom is -0.302 e. The van der Waals surface area contributed by atoms with Gasteiger partial charge in [0.2, 0.25) is 0 Å². The number of aromatic nitrogens is 3. The summed E-state index contributed by atoms with van der Waals surface area (Å²) >= 11 is 7.99. The lowest BCUT2D eigenvalue weighted by Gasteiger charge is -2.13. The van der Waals surface area contributed by atoms with Crippen molar-refractivity contribution in [3.63, 3.8) is 0 Å². The number of benzene rings is 2. The first-order valence-corrected chi connectivity index (χ1v) is 8.86. The third-order valence-corrected chi connectivity index (χ3v) is 5.15. The van der Waals surface area contributed by atoms with Gasteiger partial charge in [0, 0.05) is 22.4 Å². The van der Waals surface area contributed by atoms with Gasteiger partial charge in [0.05, 0.1) is 0 Å². The van der Waals surface area contributed by atoms with Gasteiger partial charge in [-0.25, -0.2) is 0 Å². The number of hydrogen-bond acceptors (Lipinski definition) is 3. The number of rotatable bonds is 5. The Hall–Kier alpha value is -1.78. The van der Waals surface area contributed by atoms with Gasteiger partial charge in [-0.2, -0.15) is 0 Å². The Labute approximate surface area is 145 Å². The number of halogens is 1. The molecule has 3 aromatic rings. The summed E-state index contributed by atoms with van der Waals surface area (Å²) in [5.74, 6) is 0.905. The Bertz CT molecular complexity index is 786. The Morgan fingerprint density at radius 2 is 1.74 bits per heavy atom. The minimum absolute atomic E-state index is 0.210. The van der Waals surface area contributed by atoms with E-state index in [9.17, 15) is 0 Å². The van der Waals surface area contributed by atoms with E-state index in [-0.39, 0.29) is 5.25 Å². The maximum atomic E-state index is 6.30. The Kier molecular flexibility index (Phi) is 5.03. The van der Waals surface area contributed by atoms with Crippen LogP contribution in [0, 0.1) is 0 Å². The van der Waals surface area contributed by atoms with Gasteiger partial charge in [-0.05, 0) is 25.5 Å². The zero-order chi connectivity index (χ0) is 16.2. The summed E-state index contributed by atoms with van der Waals surface area (Å²) in [5, 5.41) is 10.7. The van der Waals surface area contributed by atoms with Crippen LogP contribution in [0.4, 0.5) is 0 Å². The fraction of sp³-hybridized carbons (Fsp3) is 0.222. The van der Waals surface area contributed by atoms with Gasteiger partial charge in [-0.1, -0.05) is 71.9 Å². The van der Waals surface area contributed by atoms with Crippen LogP contribution >= 0.6 is 23.4 Å². The third-order valence-electron chi connectivity index (χ3n) is 3.69. The minimum atomic E-state index is 0.210. The molecule has 0 amide bonds. The molecule has 0 fully saturated rings. The van der Waals surface area contributed by atoms with Crippen molar-refractivity contribution in [1.29, 1.82) is 0 Å². The SMILES string of the molecule is CCn1c(SC(C)c2ccccc2Cl)nnc1-c1ccccc1. The molecule has 0 saturated carbocycles. The molecule has 0 aliphatic carbocycles. The molecule has 0 radical (unpaired) electrons. The lowest BCUT2D eigenvalue weighted by molar-refractivity contribution is 0.686. The molecule has 0 N–H and O–H groups in total. The van der Waals surface area contributed by atoms with Gasteiger partial charge in [-0.3, -0.25) is 0 Å². The smallest absolute Gasteiger partial charge is 0.192 e. The molecule has 1 aromatic heterocycles. The average Bonchev–Trinajstić information content (AvgIpc) is 2.98. The zero-order valence-corrected chi connectivity index (χ0v) is 14.7. The highest BCUT2D eigenvalue weighted by Gasteiger charge is 2.17. The predicted octanol–water partition coefficient (Wildman–Crippen LogP) is 5.47. The van der Waals surface area contributed by atoms with Crippen LogP contribution in [-0.2, 0) is 6.54 Å². The zero-order valence-electron chi connectivity index (χ0n) is 13.1. The van der Waals surface area contributed by atoms with E-state index in [1.807, 2.05) is 36.4 Å². The van der Waals surface area contributed by atoms with E-state index >= 15 is 0 Å². The second-order valence-corrected chi connectivity index (χ2v) is 6.91. The average molecular weight is 344 g/mol. The second kappa shape index (κ2) is 7.20. The fourth-order valence-electron chi connectivity index (χ4n) is 2.49. The highest BCUT2D eigenvalue weighted by Crippen LogP contribution is 2.38. The molecular weight excluding hydrogens is 326 g/mol. The number of nitrogens with zero attached hydrogens (tertiary/aromatic N) is 3. The van der Waals surface area contributed by atoms with Crippen LogP contribution in [0.25, 0.3) is 11.4 Å². The maximum absolute atomic E-state index is 6.30. The van der Waals surface area contributed by atoms with Crippen molar-refractivity contribution in [3.05, 3.63) is 65.2 Å². The summed E-state index contributed by atoms with van der Waals surface area (Å²) in [5.41, 5.74) is 2.20. The second-order valence-electron chi connectivity index (χ2n) is 5.20. The molecule has 0 saturated heterocycles. The van der Waals surface area contributed by atoms with Crippen molar-refractivity contribution in [2.45, 2.75) is 30.8 Å². The van der Waals surface area contributed by atoms with E-state index in [4.69, 9.17) is 11.6 Å². The first-order valence-electron chi connectivity index (χ1n) is 7.60. The summed E-state index contributed by atoms with van der Waals surface area (Å²) in [6.45, 7) is 5.08. The van der Waals surface area contributed by atoms with Crippen molar-refractivity contribution in [2.75, 3.05) is 0 Å². The quantitative estimate of drug-likeness (QED) is 0.575. The van der Waals surface area contributed by atoms with E-state index in [1.54, 1.807) is 11.8 Å². The van der Waals surface area contributed by atoms with Crippen LogP contribution in [0.3, 0.4) is 0 Å². The van der Waals surface area contributed by atoms with E-state index < -0.39 is 0 Å². The first-order chi connectivity index (χ1) is 11.2. The monoisotopic (exact) mass is 343 g/mol. The van der Waals surface area contributed by atoms with Crippen molar-refractivity contribution >= 4 is 23.4 Å². The molecule has 1 atom stereocenters. The standard InChI is InChI=1S/C18H18ClN3S/c1-3-22-17(14-9-5-4-6-10-14)20-21-18(22)23-13(2)15-11-7-8-12-16(15)19/h4-13H,3H2,1-2H3. The number of thioether (sulfide) groups is 1. The van der Waals surface area contributed by atoms with E-state index in [0.717, 1.165) is 33.7 Å². The molecule has 3 nitrogen and oxygen atoms in total. The largest absolute Gasteiger partial charge is 0.302 e. The third kappa shape index (κ3) is 3.43. The topological polar surface area (TPSA) is 30.7 Å². The summed E-state index contributed by atoms with van der Waals surface area (Å²) in [7, 11) is 0. The summed E-state index contributed by atoms with van der Waals surface area (Å²) in [4.78, 5) is 0. The van der Waals surface area contributed by atoms with E-state index in [0.29, 0.717) is 0 Å². The summed E-state index contributed by atoms with van der Waals surface area (Å²) < 4.78 is 2.15. The van der Waals surface area contributed by atoms with Crippen LogP contribution in [0.15, 0.2) is 59.8 Å². The molecule has 3 rings (SSSR count). The van der Waals surface area contributed by atoms with Crippen LogP contribution < -0.4 is 0 Å². The normalized spacial score (nSPS) is 12.3. The maximum Gasteiger partial charge on any atom is 0.192 e. The lowest BCUT2D eigenvalue weighted by Crippen LogP contribution is -2.01. The number of hydrogen-bond donors (Lipinski definition) is 0. The molecule has 118 valence electrons. The predicted molar refractivity (Wildman–Crippen MR) is 96.9 cm³/mol. The molecule has 2 aromatic carbocycles. The van der Waals surface area contributed by atoms with Gasteiger partial charge in [-0.15, -0.1) is 10.2 Å². The summed E-state index contributed by atoms with van der Waals surface area (Å²) in [6.07, 6.45) is 0. The van der Waals surface area contributed by atoms with Crippen LogP contribution in [0.5, 0.6) is 0 Å². The van der Waals surface area contributed by atoms with Gasteiger partial charge >= 0.3 is 0 Å². The molecular formula is C18H18ClN3S. The Morgan fingerprint density at radius 1 is 1.04 bits per heavy atom. The van der Waals surface area contributed by atoms with Gasteiger partial charge in [0.1, 0.15) is 0 Å². The molecule has 0 aliphatic rings. The van der Waals surface area contributed by atoms with Crippen molar-refractivity contribution in [3.8, 4) is 11.4 Å². The van der Waals surface area contributed by atoms with Gasteiger partial charge in [0.15, 0.2) is 11.0 Å². The molecule has 1 unspecified atom stereocenters. The molecule has 0 spiro atoms. The molecule has 0 aliphatic heterocycles. The molecule has 23 heavy (non-hydrogen) atoms. The van der Waals surface area contributed by atoms with Crippen molar-refractivity contribution in [2.24, 2.45) is 0 Å². The molecule has 1 heterocycles. The van der Waals surface area contributed by atoms with Gasteiger partial charge in [0.25, 0.3) is 0 Å². The van der Waals surface area contributed by atoms with Crippen LogP contribution in [0.2, 0.25) is 5.02 Å². The fourth-order valence-corrected chi connectivity index (χ4v) is 3.93. The molecule has 0 bridgehead atoms. The van der Waals surface area contributed by atoms with Crippen LogP contribution in [0.1, 0.15) is 24.7 Å². The Balaban J connectivity index is 1.90. The van der Waals surface area contributed by atoms with E-state index in [2.05, 4.69) is 46.8 Å². The molecule has 5 heteroatoms. The van der Waals surface area contributed by atoms with Crippen molar-refractivity contribution in [1.82, 2.24) is 14.8 Å². The Morgan fingerprint density at radius 3 is 2.43 bits per heavy atom. The summed E-state index contributed by atoms with van der Waals surface area (Å²) in [6, 6.07) is 18.1. The van der Waals surface area contributed by atoms with Gasteiger partial charge < -0.3 is 4.57 Å².